The van der Waals surface area contributed by atoms with Crippen LogP contribution in [0.5, 0.6) is 0 Å². The second kappa shape index (κ2) is 5.11. The molecule has 14 heavy (non-hydrogen) atoms. The summed E-state index contributed by atoms with van der Waals surface area (Å²) in [6.07, 6.45) is 4.84. The Kier molecular flexibility index (Phi) is 3.79. The van der Waals surface area contributed by atoms with E-state index in [4.69, 9.17) is 0 Å². The predicted octanol–water partition coefficient (Wildman–Crippen LogP) is 1.06. The summed E-state index contributed by atoms with van der Waals surface area (Å²) in [6, 6.07) is 1.74. The molecule has 0 bridgehead atoms. The number of allylic oxidation sites excluding steroid dienone is 1. The molecule has 1 aromatic heterocycles. The van der Waals surface area contributed by atoms with Crippen molar-refractivity contribution in [3.8, 4) is 0 Å². The van der Waals surface area contributed by atoms with Gasteiger partial charge in [-0.1, -0.05) is 5.57 Å². The van der Waals surface area contributed by atoms with Gasteiger partial charge in [-0.25, -0.2) is 9.97 Å². The van der Waals surface area contributed by atoms with Crippen LogP contribution >= 0.6 is 0 Å². The van der Waals surface area contributed by atoms with Crippen LogP contribution in [-0.2, 0) is 11.3 Å². The SMILES string of the molecule is CC(C)=CC(=O)NCc1ncccn1. The van der Waals surface area contributed by atoms with E-state index in [0.29, 0.717) is 12.4 Å². The Morgan fingerprint density at radius 3 is 2.64 bits per heavy atom. The number of carbonyl (C=O) groups excluding carboxylic acids is 1. The Bertz CT molecular complexity index is 328. The molecule has 4 heteroatoms. The van der Waals surface area contributed by atoms with E-state index in [9.17, 15) is 4.79 Å². The first-order chi connectivity index (χ1) is 6.68. The van der Waals surface area contributed by atoms with Crippen molar-refractivity contribution >= 4 is 5.91 Å². The minimum Gasteiger partial charge on any atom is -0.345 e. The summed E-state index contributed by atoms with van der Waals surface area (Å²) < 4.78 is 0. The standard InChI is InChI=1S/C10H13N3O/c1-8(2)6-10(14)13-7-9-11-4-3-5-12-9/h3-6H,7H2,1-2H3,(H,13,14). The zero-order chi connectivity index (χ0) is 10.4. The lowest BCUT2D eigenvalue weighted by atomic mass is 10.3. The Morgan fingerprint density at radius 1 is 1.43 bits per heavy atom. The van der Waals surface area contributed by atoms with Crippen LogP contribution in [0.2, 0.25) is 0 Å². The van der Waals surface area contributed by atoms with E-state index < -0.39 is 0 Å². The van der Waals surface area contributed by atoms with Crippen LogP contribution in [0.4, 0.5) is 0 Å². The molecule has 0 fully saturated rings. The van der Waals surface area contributed by atoms with E-state index in [-0.39, 0.29) is 5.91 Å². The average Bonchev–Trinajstić information content (AvgIpc) is 2.15. The van der Waals surface area contributed by atoms with Gasteiger partial charge in [-0.15, -0.1) is 0 Å². The van der Waals surface area contributed by atoms with Crippen molar-refractivity contribution in [3.63, 3.8) is 0 Å². The van der Waals surface area contributed by atoms with E-state index in [1.54, 1.807) is 24.5 Å². The van der Waals surface area contributed by atoms with Crippen LogP contribution in [-0.4, -0.2) is 15.9 Å². The van der Waals surface area contributed by atoms with Gasteiger partial charge >= 0.3 is 0 Å². The summed E-state index contributed by atoms with van der Waals surface area (Å²) >= 11 is 0. The highest BCUT2D eigenvalue weighted by Crippen LogP contribution is 1.89. The van der Waals surface area contributed by atoms with Gasteiger partial charge in [-0.2, -0.15) is 0 Å². The van der Waals surface area contributed by atoms with E-state index in [0.717, 1.165) is 5.57 Å². The van der Waals surface area contributed by atoms with Gasteiger partial charge in [0.15, 0.2) is 0 Å². The third-order valence-electron chi connectivity index (χ3n) is 1.46. The van der Waals surface area contributed by atoms with Gasteiger partial charge in [0, 0.05) is 18.5 Å². The minimum absolute atomic E-state index is 0.113. The average molecular weight is 191 g/mol. The highest BCUT2D eigenvalue weighted by molar-refractivity contribution is 5.87. The molecule has 0 radical (unpaired) electrons. The molecule has 1 amide bonds. The van der Waals surface area contributed by atoms with E-state index >= 15 is 0 Å². The second-order valence-electron chi connectivity index (χ2n) is 3.10. The third-order valence-corrected chi connectivity index (χ3v) is 1.46. The summed E-state index contributed by atoms with van der Waals surface area (Å²) in [6.45, 7) is 4.11. The molecular weight excluding hydrogens is 178 g/mol. The van der Waals surface area contributed by atoms with Crippen LogP contribution < -0.4 is 5.32 Å². The molecule has 1 N–H and O–H groups in total. The molecule has 0 aliphatic rings. The van der Waals surface area contributed by atoms with Crippen molar-refractivity contribution in [2.24, 2.45) is 0 Å². The molecule has 0 spiro atoms. The number of aromatic nitrogens is 2. The molecule has 0 aromatic carbocycles. The van der Waals surface area contributed by atoms with Gasteiger partial charge in [0.1, 0.15) is 5.82 Å². The molecule has 0 aliphatic heterocycles. The molecular formula is C10H13N3O. The lowest BCUT2D eigenvalue weighted by Gasteiger charge is -2.00. The maximum absolute atomic E-state index is 11.2. The number of hydrogen-bond donors (Lipinski definition) is 1. The topological polar surface area (TPSA) is 54.9 Å². The molecule has 1 rings (SSSR count). The lowest BCUT2D eigenvalue weighted by Crippen LogP contribution is -2.21. The first kappa shape index (κ1) is 10.4. The van der Waals surface area contributed by atoms with Gasteiger partial charge < -0.3 is 5.32 Å². The fourth-order valence-electron chi connectivity index (χ4n) is 0.901. The summed E-state index contributed by atoms with van der Waals surface area (Å²) in [5, 5.41) is 2.69. The molecule has 4 nitrogen and oxygen atoms in total. The maximum atomic E-state index is 11.2. The van der Waals surface area contributed by atoms with Crippen LogP contribution in [0.25, 0.3) is 0 Å². The summed E-state index contributed by atoms with van der Waals surface area (Å²) in [4.78, 5) is 19.2. The van der Waals surface area contributed by atoms with E-state index in [2.05, 4.69) is 15.3 Å². The van der Waals surface area contributed by atoms with Gasteiger partial charge in [0.25, 0.3) is 0 Å². The number of nitrogens with zero attached hydrogens (tertiary/aromatic N) is 2. The van der Waals surface area contributed by atoms with Crippen molar-refractivity contribution in [1.29, 1.82) is 0 Å². The number of nitrogens with one attached hydrogen (secondary N) is 1. The number of carbonyl (C=O) groups is 1. The zero-order valence-electron chi connectivity index (χ0n) is 8.32. The smallest absolute Gasteiger partial charge is 0.244 e. The summed E-state index contributed by atoms with van der Waals surface area (Å²) in [7, 11) is 0. The Labute approximate surface area is 83.1 Å². The number of amides is 1. The lowest BCUT2D eigenvalue weighted by molar-refractivity contribution is -0.116. The Morgan fingerprint density at radius 2 is 2.07 bits per heavy atom. The van der Waals surface area contributed by atoms with Crippen LogP contribution in [0, 0.1) is 0 Å². The van der Waals surface area contributed by atoms with Crippen molar-refractivity contribution in [3.05, 3.63) is 35.9 Å². The monoisotopic (exact) mass is 191 g/mol. The molecule has 74 valence electrons. The summed E-state index contributed by atoms with van der Waals surface area (Å²) in [5.74, 6) is 0.500. The van der Waals surface area contributed by atoms with E-state index in [1.807, 2.05) is 13.8 Å². The van der Waals surface area contributed by atoms with Gasteiger partial charge in [-0.3, -0.25) is 4.79 Å². The van der Waals surface area contributed by atoms with Crippen LogP contribution in [0.15, 0.2) is 30.1 Å². The number of rotatable bonds is 3. The second-order valence-corrected chi connectivity index (χ2v) is 3.10. The van der Waals surface area contributed by atoms with Crippen LogP contribution in [0.3, 0.4) is 0 Å². The van der Waals surface area contributed by atoms with Gasteiger partial charge in [-0.05, 0) is 19.9 Å². The van der Waals surface area contributed by atoms with Crippen LogP contribution in [0.1, 0.15) is 19.7 Å². The normalized spacial score (nSPS) is 9.29. The molecule has 0 saturated heterocycles. The zero-order valence-corrected chi connectivity index (χ0v) is 8.32. The molecule has 0 atom stereocenters. The fraction of sp³-hybridized carbons (Fsp3) is 0.300. The van der Waals surface area contributed by atoms with Crippen molar-refractivity contribution in [2.75, 3.05) is 0 Å². The quantitative estimate of drug-likeness (QED) is 0.727. The maximum Gasteiger partial charge on any atom is 0.244 e. The summed E-state index contributed by atoms with van der Waals surface area (Å²) in [5.41, 5.74) is 0.969. The molecule has 0 unspecified atom stereocenters. The van der Waals surface area contributed by atoms with Crippen molar-refractivity contribution in [1.82, 2.24) is 15.3 Å². The van der Waals surface area contributed by atoms with Crippen molar-refractivity contribution in [2.45, 2.75) is 20.4 Å². The molecule has 1 heterocycles. The predicted molar refractivity (Wildman–Crippen MR) is 53.3 cm³/mol. The largest absolute Gasteiger partial charge is 0.345 e. The highest BCUT2D eigenvalue weighted by atomic mass is 16.1. The van der Waals surface area contributed by atoms with E-state index in [1.165, 1.54) is 0 Å². The Hall–Kier alpha value is -1.71. The van der Waals surface area contributed by atoms with Gasteiger partial charge in [0.05, 0.1) is 6.54 Å². The first-order valence-electron chi connectivity index (χ1n) is 4.37. The minimum atomic E-state index is -0.113. The molecule has 1 aromatic rings. The van der Waals surface area contributed by atoms with Crippen molar-refractivity contribution < 1.29 is 4.79 Å². The van der Waals surface area contributed by atoms with Gasteiger partial charge in [0.2, 0.25) is 5.91 Å². The third kappa shape index (κ3) is 3.80. The molecule has 0 aliphatic carbocycles. The molecule has 0 saturated carbocycles. The first-order valence-corrected chi connectivity index (χ1v) is 4.37. The fourth-order valence-corrected chi connectivity index (χ4v) is 0.901. The highest BCUT2D eigenvalue weighted by Gasteiger charge is 1.97. The Balaban J connectivity index is 2.42. The number of hydrogen-bond acceptors (Lipinski definition) is 3.